The monoisotopic (exact) mass is 493 g/mol. The molecule has 35 heavy (non-hydrogen) atoms. The average molecular weight is 494 g/mol. The van der Waals surface area contributed by atoms with Crippen molar-refractivity contribution in [1.82, 2.24) is 0 Å². The number of carbonyl (C=O) groups excluding carboxylic acids is 2. The molecule has 1 atom stereocenters. The molecular weight excluding hydrogens is 469 g/mol. The highest BCUT2D eigenvalue weighted by Crippen LogP contribution is 2.43. The molecule has 1 aliphatic rings. The van der Waals surface area contributed by atoms with Crippen LogP contribution in [0.4, 0.5) is 10.1 Å². The SMILES string of the molecule is COc1ccc(/C(O)=C2/C(=O)C(=O)N(c3ccc(F)cc3)C2c2ccc(Cl)cc2)cc1C(C)(C)C. The van der Waals surface area contributed by atoms with E-state index in [1.165, 1.54) is 29.2 Å². The van der Waals surface area contributed by atoms with E-state index in [0.717, 1.165) is 5.56 Å². The van der Waals surface area contributed by atoms with Gasteiger partial charge in [0.15, 0.2) is 0 Å². The van der Waals surface area contributed by atoms with Crippen LogP contribution >= 0.6 is 11.6 Å². The summed E-state index contributed by atoms with van der Waals surface area (Å²) in [6.45, 7) is 6.03. The highest BCUT2D eigenvalue weighted by Gasteiger charge is 2.47. The zero-order valence-corrected chi connectivity index (χ0v) is 20.6. The Kier molecular flexibility index (Phi) is 6.43. The van der Waals surface area contributed by atoms with Crippen molar-refractivity contribution in [2.24, 2.45) is 0 Å². The van der Waals surface area contributed by atoms with Gasteiger partial charge >= 0.3 is 0 Å². The lowest BCUT2D eigenvalue weighted by Gasteiger charge is -2.26. The molecule has 0 radical (unpaired) electrons. The van der Waals surface area contributed by atoms with E-state index in [0.29, 0.717) is 27.6 Å². The van der Waals surface area contributed by atoms with Gasteiger partial charge in [-0.15, -0.1) is 0 Å². The molecule has 3 aromatic rings. The van der Waals surface area contributed by atoms with Gasteiger partial charge in [-0.05, 0) is 65.6 Å². The second-order valence-electron chi connectivity index (χ2n) is 9.36. The summed E-state index contributed by atoms with van der Waals surface area (Å²) < 4.78 is 19.1. The third kappa shape index (κ3) is 4.54. The van der Waals surface area contributed by atoms with Crippen LogP contribution < -0.4 is 9.64 Å². The molecule has 1 saturated heterocycles. The van der Waals surface area contributed by atoms with Crippen molar-refractivity contribution in [3.63, 3.8) is 0 Å². The van der Waals surface area contributed by atoms with Crippen molar-refractivity contribution >= 4 is 34.7 Å². The summed E-state index contributed by atoms with van der Waals surface area (Å²) in [5, 5.41) is 11.9. The Morgan fingerprint density at radius 2 is 1.63 bits per heavy atom. The molecule has 0 bridgehead atoms. The largest absolute Gasteiger partial charge is 0.507 e. The van der Waals surface area contributed by atoms with Gasteiger partial charge in [0.1, 0.15) is 17.3 Å². The number of methoxy groups -OCH3 is 1. The maximum Gasteiger partial charge on any atom is 0.300 e. The third-order valence-corrected chi connectivity index (χ3v) is 6.27. The van der Waals surface area contributed by atoms with Crippen LogP contribution in [-0.2, 0) is 15.0 Å². The van der Waals surface area contributed by atoms with Crippen LogP contribution in [0.2, 0.25) is 5.02 Å². The van der Waals surface area contributed by atoms with Crippen LogP contribution in [0, 0.1) is 5.82 Å². The quantitative estimate of drug-likeness (QED) is 0.259. The van der Waals surface area contributed by atoms with E-state index in [2.05, 4.69) is 0 Å². The Hall–Kier alpha value is -3.64. The van der Waals surface area contributed by atoms with E-state index >= 15 is 0 Å². The van der Waals surface area contributed by atoms with Crippen LogP contribution in [0.5, 0.6) is 5.75 Å². The lowest BCUT2D eigenvalue weighted by atomic mass is 9.84. The number of nitrogens with zero attached hydrogens (tertiary/aromatic N) is 1. The second-order valence-corrected chi connectivity index (χ2v) is 9.80. The Morgan fingerprint density at radius 1 is 1.00 bits per heavy atom. The number of anilines is 1. The maximum atomic E-state index is 13.6. The van der Waals surface area contributed by atoms with Gasteiger partial charge in [0.2, 0.25) is 0 Å². The fraction of sp³-hybridized carbons (Fsp3) is 0.214. The second kappa shape index (κ2) is 9.19. The average Bonchev–Trinajstić information content (AvgIpc) is 3.09. The van der Waals surface area contributed by atoms with Gasteiger partial charge in [-0.2, -0.15) is 0 Å². The molecule has 1 heterocycles. The van der Waals surface area contributed by atoms with Crippen LogP contribution in [0.3, 0.4) is 0 Å². The highest BCUT2D eigenvalue weighted by atomic mass is 35.5. The van der Waals surface area contributed by atoms with E-state index in [9.17, 15) is 19.1 Å². The number of carbonyl (C=O) groups is 2. The number of ketones is 1. The summed E-state index contributed by atoms with van der Waals surface area (Å²) in [4.78, 5) is 27.8. The number of halogens is 2. The summed E-state index contributed by atoms with van der Waals surface area (Å²) in [7, 11) is 1.57. The number of aliphatic hydroxyl groups excluding tert-OH is 1. The maximum absolute atomic E-state index is 13.6. The van der Waals surface area contributed by atoms with E-state index in [1.54, 1.807) is 49.6 Å². The molecule has 0 saturated carbocycles. The first-order valence-electron chi connectivity index (χ1n) is 11.0. The number of amides is 1. The van der Waals surface area contributed by atoms with E-state index in [1.807, 2.05) is 20.8 Å². The van der Waals surface area contributed by atoms with Gasteiger partial charge in [-0.3, -0.25) is 14.5 Å². The minimum absolute atomic E-state index is 0.0633. The number of benzene rings is 3. The summed E-state index contributed by atoms with van der Waals surface area (Å²) in [5.74, 6) is -1.78. The molecule has 0 spiro atoms. The molecular formula is C28H25ClFNO4. The third-order valence-electron chi connectivity index (χ3n) is 6.02. The smallest absolute Gasteiger partial charge is 0.300 e. The fourth-order valence-corrected chi connectivity index (χ4v) is 4.38. The first-order chi connectivity index (χ1) is 16.5. The molecule has 0 aliphatic carbocycles. The molecule has 1 amide bonds. The number of hydrogen-bond donors (Lipinski definition) is 1. The van der Waals surface area contributed by atoms with Crippen LogP contribution in [0.25, 0.3) is 5.76 Å². The fourth-order valence-electron chi connectivity index (χ4n) is 4.26. The summed E-state index contributed by atoms with van der Waals surface area (Å²) in [5.41, 5.74) is 1.75. The lowest BCUT2D eigenvalue weighted by Crippen LogP contribution is -2.29. The molecule has 0 aromatic heterocycles. The van der Waals surface area contributed by atoms with Crippen molar-refractivity contribution in [2.75, 3.05) is 12.0 Å². The van der Waals surface area contributed by atoms with Gasteiger partial charge in [0.25, 0.3) is 11.7 Å². The predicted octanol–water partition coefficient (Wildman–Crippen LogP) is 6.41. The Morgan fingerprint density at radius 3 is 2.20 bits per heavy atom. The van der Waals surface area contributed by atoms with Crippen LogP contribution in [0.1, 0.15) is 43.5 Å². The molecule has 180 valence electrons. The Bertz CT molecular complexity index is 1320. The van der Waals surface area contributed by atoms with Gasteiger partial charge in [0.05, 0.1) is 18.7 Å². The number of ether oxygens (including phenoxy) is 1. The van der Waals surface area contributed by atoms with Gasteiger partial charge in [-0.25, -0.2) is 4.39 Å². The Labute approximate surface area is 208 Å². The zero-order chi connectivity index (χ0) is 25.5. The van der Waals surface area contributed by atoms with Gasteiger partial charge < -0.3 is 9.84 Å². The minimum atomic E-state index is -0.932. The van der Waals surface area contributed by atoms with Crippen molar-refractivity contribution < 1.29 is 23.8 Å². The number of Topliss-reactive ketones (excluding diaryl/α,β-unsaturated/α-hetero) is 1. The normalized spacial score (nSPS) is 17.7. The highest BCUT2D eigenvalue weighted by molar-refractivity contribution is 6.51. The van der Waals surface area contributed by atoms with E-state index < -0.39 is 23.5 Å². The molecule has 1 fully saturated rings. The molecule has 7 heteroatoms. The molecule has 1 N–H and O–H groups in total. The van der Waals surface area contributed by atoms with Crippen molar-refractivity contribution in [2.45, 2.75) is 32.2 Å². The number of rotatable bonds is 4. The van der Waals surface area contributed by atoms with Gasteiger partial charge in [0, 0.05) is 21.8 Å². The standard InChI is InChI=1S/C28H25ClFNO4/c1-28(2,3)21-15-17(7-14-22(21)35-4)25(32)23-24(16-5-8-18(29)9-6-16)31(27(34)26(23)33)20-12-10-19(30)11-13-20/h5-15,24,32H,1-4H3/b25-23-. The zero-order valence-electron chi connectivity index (χ0n) is 19.8. The summed E-state index contributed by atoms with van der Waals surface area (Å²) >= 11 is 6.07. The van der Waals surface area contributed by atoms with Crippen molar-refractivity contribution in [1.29, 1.82) is 0 Å². The lowest BCUT2D eigenvalue weighted by molar-refractivity contribution is -0.132. The number of aliphatic hydroxyl groups is 1. The molecule has 3 aromatic carbocycles. The number of hydrogen-bond acceptors (Lipinski definition) is 4. The summed E-state index contributed by atoms with van der Waals surface area (Å²) in [6.07, 6.45) is 0. The van der Waals surface area contributed by atoms with Gasteiger partial charge in [-0.1, -0.05) is 44.5 Å². The first kappa shape index (κ1) is 24.5. The topological polar surface area (TPSA) is 66.8 Å². The van der Waals surface area contributed by atoms with E-state index in [4.69, 9.17) is 16.3 Å². The first-order valence-corrected chi connectivity index (χ1v) is 11.4. The van der Waals surface area contributed by atoms with Crippen LogP contribution in [0.15, 0.2) is 72.3 Å². The van der Waals surface area contributed by atoms with E-state index in [-0.39, 0.29) is 16.7 Å². The molecule has 5 nitrogen and oxygen atoms in total. The molecule has 1 aliphatic heterocycles. The van der Waals surface area contributed by atoms with Crippen LogP contribution in [-0.4, -0.2) is 23.9 Å². The van der Waals surface area contributed by atoms with Crippen molar-refractivity contribution in [3.05, 3.63) is 99.8 Å². The van der Waals surface area contributed by atoms with Crippen molar-refractivity contribution in [3.8, 4) is 5.75 Å². The molecule has 1 unspecified atom stereocenters. The summed E-state index contributed by atoms with van der Waals surface area (Å²) in [6, 6.07) is 16.2. The Balaban J connectivity index is 1.95. The predicted molar refractivity (Wildman–Crippen MR) is 134 cm³/mol. The molecule has 4 rings (SSSR count). The minimum Gasteiger partial charge on any atom is -0.507 e.